The first-order chi connectivity index (χ1) is 14.7. The molecule has 0 unspecified atom stereocenters. The van der Waals surface area contributed by atoms with Crippen LogP contribution < -0.4 is 10.1 Å². The Bertz CT molecular complexity index is 916. The van der Waals surface area contributed by atoms with Gasteiger partial charge in [-0.05, 0) is 63.7 Å². The minimum Gasteiger partial charge on any atom is -0.487 e. The summed E-state index contributed by atoms with van der Waals surface area (Å²) in [5.74, 6) is 1.18. The third kappa shape index (κ3) is 4.94. The second-order valence-electron chi connectivity index (χ2n) is 9.81. The number of rotatable bonds is 6. The van der Waals surface area contributed by atoms with Gasteiger partial charge in [0.25, 0.3) is 5.91 Å². The standard InChI is InChI=1S/C26H34N2O3/c1-25(2)16-20-8-7-9-21(23(20)31-25)18-28-14-12-19(13-15-28)17-27-24(29)26(3,30)22-10-5-4-6-11-22/h4-11,19,30H,12-18H2,1-3H3,(H,27,29)/t26-/m1/s1. The van der Waals surface area contributed by atoms with Gasteiger partial charge in [-0.2, -0.15) is 0 Å². The first kappa shape index (κ1) is 21.8. The zero-order valence-electron chi connectivity index (χ0n) is 18.9. The maximum absolute atomic E-state index is 12.6. The number of aliphatic hydroxyl groups is 1. The first-order valence-corrected chi connectivity index (χ1v) is 11.3. The number of carbonyl (C=O) groups is 1. The number of hydrogen-bond donors (Lipinski definition) is 2. The highest BCUT2D eigenvalue weighted by Gasteiger charge is 2.34. The van der Waals surface area contributed by atoms with Gasteiger partial charge < -0.3 is 15.2 Å². The molecule has 5 heteroatoms. The van der Waals surface area contributed by atoms with Crippen LogP contribution in [0.3, 0.4) is 0 Å². The molecule has 2 aromatic rings. The quantitative estimate of drug-likeness (QED) is 0.746. The van der Waals surface area contributed by atoms with E-state index in [-0.39, 0.29) is 11.5 Å². The van der Waals surface area contributed by atoms with Gasteiger partial charge in [0.1, 0.15) is 11.4 Å². The third-order valence-corrected chi connectivity index (χ3v) is 6.60. The molecule has 2 aliphatic heterocycles. The maximum Gasteiger partial charge on any atom is 0.256 e. The van der Waals surface area contributed by atoms with Gasteiger partial charge in [0.2, 0.25) is 0 Å². The van der Waals surface area contributed by atoms with Crippen LogP contribution >= 0.6 is 0 Å². The van der Waals surface area contributed by atoms with E-state index in [1.807, 2.05) is 18.2 Å². The number of nitrogens with zero attached hydrogens (tertiary/aromatic N) is 1. The summed E-state index contributed by atoms with van der Waals surface area (Å²) in [4.78, 5) is 15.1. The van der Waals surface area contributed by atoms with E-state index in [1.165, 1.54) is 11.1 Å². The van der Waals surface area contributed by atoms with Crippen molar-refractivity contribution >= 4 is 5.91 Å². The average Bonchev–Trinajstić information content (AvgIpc) is 3.08. The van der Waals surface area contributed by atoms with Gasteiger partial charge in [-0.25, -0.2) is 0 Å². The molecule has 5 nitrogen and oxygen atoms in total. The zero-order valence-corrected chi connectivity index (χ0v) is 18.9. The second kappa shape index (κ2) is 8.64. The molecular formula is C26H34N2O3. The highest BCUT2D eigenvalue weighted by Crippen LogP contribution is 2.38. The number of nitrogens with one attached hydrogen (secondary N) is 1. The minimum absolute atomic E-state index is 0.120. The summed E-state index contributed by atoms with van der Waals surface area (Å²) in [6, 6.07) is 15.6. The first-order valence-electron chi connectivity index (χ1n) is 11.3. The van der Waals surface area contributed by atoms with Gasteiger partial charge >= 0.3 is 0 Å². The molecule has 31 heavy (non-hydrogen) atoms. The number of benzene rings is 2. The Hall–Kier alpha value is -2.37. The Morgan fingerprint density at radius 3 is 2.58 bits per heavy atom. The Morgan fingerprint density at radius 2 is 1.87 bits per heavy atom. The van der Waals surface area contributed by atoms with Crippen LogP contribution in [0, 0.1) is 5.92 Å². The van der Waals surface area contributed by atoms with Crippen LogP contribution in [0.2, 0.25) is 0 Å². The molecule has 0 aliphatic carbocycles. The fourth-order valence-corrected chi connectivity index (χ4v) is 4.70. The lowest BCUT2D eigenvalue weighted by Gasteiger charge is -2.33. The van der Waals surface area contributed by atoms with Crippen molar-refractivity contribution in [2.75, 3.05) is 19.6 Å². The number of carbonyl (C=O) groups excluding carboxylic acids is 1. The van der Waals surface area contributed by atoms with Gasteiger partial charge in [-0.15, -0.1) is 0 Å². The van der Waals surface area contributed by atoms with E-state index in [0.29, 0.717) is 18.0 Å². The maximum atomic E-state index is 12.6. The molecule has 1 amide bonds. The molecule has 0 saturated carbocycles. The lowest BCUT2D eigenvalue weighted by molar-refractivity contribution is -0.139. The van der Waals surface area contributed by atoms with Crippen molar-refractivity contribution in [3.8, 4) is 5.75 Å². The summed E-state index contributed by atoms with van der Waals surface area (Å²) in [5.41, 5.74) is 1.57. The van der Waals surface area contributed by atoms with Crippen LogP contribution in [0.25, 0.3) is 0 Å². The molecule has 0 bridgehead atoms. The van der Waals surface area contributed by atoms with Gasteiger partial charge in [0, 0.05) is 25.1 Å². The van der Waals surface area contributed by atoms with E-state index < -0.39 is 5.60 Å². The molecule has 2 heterocycles. The van der Waals surface area contributed by atoms with Crippen molar-refractivity contribution in [1.29, 1.82) is 0 Å². The summed E-state index contributed by atoms with van der Waals surface area (Å²) in [7, 11) is 0. The van der Waals surface area contributed by atoms with E-state index in [9.17, 15) is 9.90 Å². The molecule has 166 valence electrons. The van der Waals surface area contributed by atoms with Gasteiger partial charge in [0.05, 0.1) is 0 Å². The number of ether oxygens (including phenoxy) is 1. The fourth-order valence-electron chi connectivity index (χ4n) is 4.70. The molecule has 1 saturated heterocycles. The number of para-hydroxylation sites is 1. The van der Waals surface area contributed by atoms with Crippen LogP contribution in [0.1, 0.15) is 50.3 Å². The van der Waals surface area contributed by atoms with Crippen LogP contribution in [0.4, 0.5) is 0 Å². The minimum atomic E-state index is -1.51. The van der Waals surface area contributed by atoms with Crippen molar-refractivity contribution in [3.05, 3.63) is 65.2 Å². The topological polar surface area (TPSA) is 61.8 Å². The summed E-state index contributed by atoms with van der Waals surface area (Å²) in [5, 5.41) is 13.6. The molecule has 1 atom stereocenters. The molecule has 4 rings (SSSR count). The average molecular weight is 423 g/mol. The van der Waals surface area contributed by atoms with E-state index in [0.717, 1.165) is 44.6 Å². The van der Waals surface area contributed by atoms with E-state index in [1.54, 1.807) is 19.1 Å². The number of piperidine rings is 1. The van der Waals surface area contributed by atoms with Crippen LogP contribution in [-0.4, -0.2) is 41.1 Å². The van der Waals surface area contributed by atoms with Crippen molar-refractivity contribution in [2.45, 2.75) is 57.8 Å². The van der Waals surface area contributed by atoms with Crippen molar-refractivity contribution in [2.24, 2.45) is 5.92 Å². The van der Waals surface area contributed by atoms with Crippen LogP contribution in [-0.2, 0) is 23.4 Å². The van der Waals surface area contributed by atoms with E-state index in [4.69, 9.17) is 4.74 Å². The van der Waals surface area contributed by atoms with Gasteiger partial charge in [-0.1, -0.05) is 48.5 Å². The van der Waals surface area contributed by atoms with Crippen molar-refractivity contribution in [1.82, 2.24) is 10.2 Å². The van der Waals surface area contributed by atoms with E-state index in [2.05, 4.69) is 42.3 Å². The number of amides is 1. The highest BCUT2D eigenvalue weighted by molar-refractivity contribution is 5.85. The zero-order chi connectivity index (χ0) is 22.1. The predicted molar refractivity (Wildman–Crippen MR) is 122 cm³/mol. The summed E-state index contributed by atoms with van der Waals surface area (Å²) >= 11 is 0. The second-order valence-corrected chi connectivity index (χ2v) is 9.81. The Labute approximate surface area is 185 Å². The molecule has 1 fully saturated rings. The van der Waals surface area contributed by atoms with Crippen LogP contribution in [0.5, 0.6) is 5.75 Å². The SMILES string of the molecule is CC1(C)Cc2cccc(CN3CCC(CNC(=O)[C@](C)(O)c4ccccc4)CC3)c2O1. The molecule has 2 aromatic carbocycles. The number of hydrogen-bond acceptors (Lipinski definition) is 4. The highest BCUT2D eigenvalue weighted by atomic mass is 16.5. The van der Waals surface area contributed by atoms with Gasteiger partial charge in [0.15, 0.2) is 5.60 Å². The molecular weight excluding hydrogens is 388 g/mol. The normalized spacial score (nSPS) is 20.5. The molecule has 2 aliphatic rings. The fraction of sp³-hybridized carbons (Fsp3) is 0.500. The molecule has 0 radical (unpaired) electrons. The number of fused-ring (bicyclic) bond motifs is 1. The molecule has 0 aromatic heterocycles. The predicted octanol–water partition coefficient (Wildman–Crippen LogP) is 3.64. The van der Waals surface area contributed by atoms with Gasteiger partial charge in [-0.3, -0.25) is 9.69 Å². The number of likely N-dealkylation sites (tertiary alicyclic amines) is 1. The molecule has 2 N–H and O–H groups in total. The summed E-state index contributed by atoms with van der Waals surface area (Å²) < 4.78 is 6.22. The summed E-state index contributed by atoms with van der Waals surface area (Å²) in [6.45, 7) is 9.36. The summed E-state index contributed by atoms with van der Waals surface area (Å²) in [6.07, 6.45) is 3.04. The Morgan fingerprint density at radius 1 is 1.16 bits per heavy atom. The van der Waals surface area contributed by atoms with Crippen molar-refractivity contribution in [3.63, 3.8) is 0 Å². The lowest BCUT2D eigenvalue weighted by Crippen LogP contribution is -2.45. The smallest absolute Gasteiger partial charge is 0.256 e. The molecule has 0 spiro atoms. The Balaban J connectivity index is 1.27. The van der Waals surface area contributed by atoms with E-state index >= 15 is 0 Å². The van der Waals surface area contributed by atoms with Crippen molar-refractivity contribution < 1.29 is 14.6 Å². The monoisotopic (exact) mass is 422 g/mol. The Kier molecular flexibility index (Phi) is 6.09. The largest absolute Gasteiger partial charge is 0.487 e. The third-order valence-electron chi connectivity index (χ3n) is 6.60. The van der Waals surface area contributed by atoms with Crippen LogP contribution in [0.15, 0.2) is 48.5 Å². The lowest BCUT2D eigenvalue weighted by atomic mass is 9.93.